The third-order valence-corrected chi connectivity index (χ3v) is 8.37. The van der Waals surface area contributed by atoms with Crippen molar-refractivity contribution in [1.82, 2.24) is 10.2 Å². The fourth-order valence-electron chi connectivity index (χ4n) is 3.83. The Morgan fingerprint density at radius 1 is 0.947 bits per heavy atom. The van der Waals surface area contributed by atoms with Gasteiger partial charge >= 0.3 is 0 Å². The molecule has 0 aliphatic carbocycles. The third kappa shape index (κ3) is 7.36. The topological polar surface area (TPSA) is 86.8 Å². The lowest BCUT2D eigenvalue weighted by Crippen LogP contribution is -2.52. The minimum absolute atomic E-state index is 0.0491. The standard InChI is InChI=1S/C29H34ClN3O4S/c1-5-22(3)31-29(35)23(4)32(19-24-10-7-6-8-11-24)28(34)20-33(26-13-9-12-25(30)18-26)38(36,37)27-16-14-21(2)15-17-27/h6-18,22-23H,5,19-20H2,1-4H3,(H,31,35)/t22-,23-/m0/s1. The van der Waals surface area contributed by atoms with E-state index in [4.69, 9.17) is 11.6 Å². The maximum Gasteiger partial charge on any atom is 0.264 e. The van der Waals surface area contributed by atoms with E-state index in [1.54, 1.807) is 37.3 Å². The van der Waals surface area contributed by atoms with Crippen molar-refractivity contribution in [3.63, 3.8) is 0 Å². The molecule has 202 valence electrons. The highest BCUT2D eigenvalue weighted by Crippen LogP contribution is 2.27. The van der Waals surface area contributed by atoms with Gasteiger partial charge in [-0.25, -0.2) is 8.42 Å². The summed E-state index contributed by atoms with van der Waals surface area (Å²) in [5.41, 5.74) is 1.98. The number of nitrogens with zero attached hydrogens (tertiary/aromatic N) is 2. The molecule has 0 unspecified atom stereocenters. The van der Waals surface area contributed by atoms with Gasteiger partial charge in [0.15, 0.2) is 0 Å². The van der Waals surface area contributed by atoms with Crippen molar-refractivity contribution in [3.8, 4) is 0 Å². The molecule has 0 aliphatic rings. The first kappa shape index (κ1) is 29.2. The number of sulfonamides is 1. The van der Waals surface area contributed by atoms with E-state index in [-0.39, 0.29) is 29.1 Å². The van der Waals surface area contributed by atoms with Crippen LogP contribution in [0.4, 0.5) is 5.69 Å². The zero-order chi connectivity index (χ0) is 27.9. The fraction of sp³-hybridized carbons (Fsp3) is 0.310. The van der Waals surface area contributed by atoms with Crippen LogP contribution in [0.15, 0.2) is 83.8 Å². The summed E-state index contributed by atoms with van der Waals surface area (Å²) in [5, 5.41) is 3.26. The van der Waals surface area contributed by atoms with Crippen molar-refractivity contribution >= 4 is 39.1 Å². The van der Waals surface area contributed by atoms with E-state index in [1.807, 2.05) is 51.1 Å². The first-order valence-corrected chi connectivity index (χ1v) is 14.3. The van der Waals surface area contributed by atoms with Gasteiger partial charge in [-0.15, -0.1) is 0 Å². The molecule has 9 heteroatoms. The van der Waals surface area contributed by atoms with Gasteiger partial charge in [-0.2, -0.15) is 0 Å². The van der Waals surface area contributed by atoms with Crippen LogP contribution in [-0.2, 0) is 26.2 Å². The highest BCUT2D eigenvalue weighted by Gasteiger charge is 2.32. The molecule has 2 atom stereocenters. The summed E-state index contributed by atoms with van der Waals surface area (Å²) in [6.07, 6.45) is 0.739. The van der Waals surface area contributed by atoms with Crippen LogP contribution in [0.3, 0.4) is 0 Å². The van der Waals surface area contributed by atoms with Crippen LogP contribution in [-0.4, -0.2) is 43.8 Å². The van der Waals surface area contributed by atoms with E-state index >= 15 is 0 Å². The Hall–Kier alpha value is -3.36. The molecule has 0 aromatic heterocycles. The molecule has 38 heavy (non-hydrogen) atoms. The van der Waals surface area contributed by atoms with E-state index in [9.17, 15) is 18.0 Å². The van der Waals surface area contributed by atoms with E-state index in [0.717, 1.165) is 21.9 Å². The number of benzene rings is 3. The predicted octanol–water partition coefficient (Wildman–Crippen LogP) is 5.18. The number of carbonyl (C=O) groups is 2. The summed E-state index contributed by atoms with van der Waals surface area (Å²) < 4.78 is 28.6. The van der Waals surface area contributed by atoms with Crippen LogP contribution in [0.2, 0.25) is 5.02 Å². The Morgan fingerprint density at radius 3 is 2.21 bits per heavy atom. The van der Waals surface area contributed by atoms with Gasteiger partial charge in [0.25, 0.3) is 10.0 Å². The largest absolute Gasteiger partial charge is 0.352 e. The van der Waals surface area contributed by atoms with E-state index in [0.29, 0.717) is 5.02 Å². The SMILES string of the molecule is CC[C@H](C)NC(=O)[C@H](C)N(Cc1ccccc1)C(=O)CN(c1cccc(Cl)c1)S(=O)(=O)c1ccc(C)cc1. The molecule has 3 aromatic carbocycles. The molecule has 1 N–H and O–H groups in total. The number of hydrogen-bond donors (Lipinski definition) is 1. The Labute approximate surface area is 230 Å². The second kappa shape index (κ2) is 12.9. The van der Waals surface area contributed by atoms with Gasteiger partial charge in [0, 0.05) is 17.6 Å². The van der Waals surface area contributed by atoms with Gasteiger partial charge in [0.05, 0.1) is 10.6 Å². The van der Waals surface area contributed by atoms with Gasteiger partial charge in [-0.1, -0.05) is 72.6 Å². The van der Waals surface area contributed by atoms with E-state index in [1.165, 1.54) is 23.1 Å². The maximum absolute atomic E-state index is 13.9. The quantitative estimate of drug-likeness (QED) is 0.353. The molecule has 0 aliphatic heterocycles. The molecule has 3 aromatic rings. The van der Waals surface area contributed by atoms with Gasteiger partial charge in [-0.3, -0.25) is 13.9 Å². The van der Waals surface area contributed by atoms with Crippen molar-refractivity contribution in [2.75, 3.05) is 10.8 Å². The zero-order valence-corrected chi connectivity index (χ0v) is 23.7. The molecule has 0 saturated carbocycles. The number of anilines is 1. The minimum atomic E-state index is -4.13. The van der Waals surface area contributed by atoms with Gasteiger partial charge in [-0.05, 0) is 63.1 Å². The summed E-state index contributed by atoms with van der Waals surface area (Å²) in [5.74, 6) is -0.823. The molecule has 2 amide bonds. The van der Waals surface area contributed by atoms with E-state index < -0.39 is 28.5 Å². The molecule has 0 bridgehead atoms. The van der Waals surface area contributed by atoms with Gasteiger partial charge < -0.3 is 10.2 Å². The number of halogens is 1. The molecule has 0 heterocycles. The third-order valence-electron chi connectivity index (χ3n) is 6.35. The Morgan fingerprint density at radius 2 is 1.61 bits per heavy atom. The lowest BCUT2D eigenvalue weighted by atomic mass is 10.1. The summed E-state index contributed by atoms with van der Waals surface area (Å²) in [7, 11) is -4.13. The minimum Gasteiger partial charge on any atom is -0.352 e. The average molecular weight is 556 g/mol. The number of carbonyl (C=O) groups excluding carboxylic acids is 2. The van der Waals surface area contributed by atoms with Crippen LogP contribution >= 0.6 is 11.6 Å². The van der Waals surface area contributed by atoms with Crippen molar-refractivity contribution in [2.24, 2.45) is 0 Å². The monoisotopic (exact) mass is 555 g/mol. The van der Waals surface area contributed by atoms with Crippen LogP contribution in [0.25, 0.3) is 0 Å². The van der Waals surface area contributed by atoms with E-state index in [2.05, 4.69) is 5.32 Å². The van der Waals surface area contributed by atoms with Crippen molar-refractivity contribution in [3.05, 3.63) is 95.0 Å². The summed E-state index contributed by atoms with van der Waals surface area (Å²) in [4.78, 5) is 28.4. The molecular weight excluding hydrogens is 522 g/mol. The second-order valence-corrected chi connectivity index (χ2v) is 11.6. The Bertz CT molecular complexity index is 1350. The van der Waals surface area contributed by atoms with Crippen LogP contribution in [0, 0.1) is 6.92 Å². The second-order valence-electron chi connectivity index (χ2n) is 9.31. The number of nitrogens with one attached hydrogen (secondary N) is 1. The van der Waals surface area contributed by atoms with Crippen LogP contribution < -0.4 is 9.62 Å². The summed E-state index contributed by atoms with van der Waals surface area (Å²) in [6.45, 7) is 7.00. The highest BCUT2D eigenvalue weighted by molar-refractivity contribution is 7.92. The molecule has 0 saturated heterocycles. The summed E-state index contributed by atoms with van der Waals surface area (Å²) >= 11 is 6.20. The average Bonchev–Trinajstić information content (AvgIpc) is 2.90. The smallest absolute Gasteiger partial charge is 0.264 e. The number of amides is 2. The summed E-state index contributed by atoms with van der Waals surface area (Å²) in [6, 6.07) is 21.2. The number of hydrogen-bond acceptors (Lipinski definition) is 4. The Balaban J connectivity index is 2.01. The molecule has 3 rings (SSSR count). The van der Waals surface area contributed by atoms with Crippen molar-refractivity contribution in [2.45, 2.75) is 57.6 Å². The Kier molecular flexibility index (Phi) is 9.94. The first-order valence-electron chi connectivity index (χ1n) is 12.5. The number of aryl methyl sites for hydroxylation is 1. The molecular formula is C29H34ClN3O4S. The normalized spacial score (nSPS) is 12.9. The predicted molar refractivity (Wildman–Crippen MR) is 152 cm³/mol. The maximum atomic E-state index is 13.9. The first-order chi connectivity index (χ1) is 18.0. The fourth-order valence-corrected chi connectivity index (χ4v) is 5.42. The van der Waals surface area contributed by atoms with Gasteiger partial charge in [0.2, 0.25) is 11.8 Å². The van der Waals surface area contributed by atoms with Crippen LogP contribution in [0.5, 0.6) is 0 Å². The number of rotatable bonds is 11. The van der Waals surface area contributed by atoms with Crippen molar-refractivity contribution < 1.29 is 18.0 Å². The molecule has 7 nitrogen and oxygen atoms in total. The highest BCUT2D eigenvalue weighted by atomic mass is 35.5. The lowest BCUT2D eigenvalue weighted by molar-refractivity contribution is -0.139. The van der Waals surface area contributed by atoms with Crippen molar-refractivity contribution in [1.29, 1.82) is 0 Å². The molecule has 0 radical (unpaired) electrons. The zero-order valence-electron chi connectivity index (χ0n) is 22.1. The lowest BCUT2D eigenvalue weighted by Gasteiger charge is -2.32. The molecule has 0 spiro atoms. The van der Waals surface area contributed by atoms with Gasteiger partial charge in [0.1, 0.15) is 12.6 Å². The molecule has 0 fully saturated rings. The van der Waals surface area contributed by atoms with Crippen LogP contribution in [0.1, 0.15) is 38.3 Å².